The maximum atomic E-state index is 12.0. The molecule has 0 spiro atoms. The third-order valence-corrected chi connectivity index (χ3v) is 4.11. The van der Waals surface area contributed by atoms with Gasteiger partial charge in [-0.05, 0) is 30.7 Å². The highest BCUT2D eigenvalue weighted by molar-refractivity contribution is 8.13. The summed E-state index contributed by atoms with van der Waals surface area (Å²) in [4.78, 5) is 12.0. The molecule has 0 saturated carbocycles. The van der Waals surface area contributed by atoms with Crippen LogP contribution >= 0.6 is 10.7 Å². The second kappa shape index (κ2) is 7.61. The van der Waals surface area contributed by atoms with Gasteiger partial charge in [0.05, 0.1) is 17.5 Å². The number of hydrogen-bond acceptors (Lipinski definition) is 4. The Kier molecular flexibility index (Phi) is 6.45. The maximum Gasteiger partial charge on any atom is 0.261 e. The maximum absolute atomic E-state index is 12.0. The Morgan fingerprint density at radius 1 is 1.35 bits per heavy atom. The van der Waals surface area contributed by atoms with E-state index in [4.69, 9.17) is 15.4 Å². The summed E-state index contributed by atoms with van der Waals surface area (Å²) in [6.07, 6.45) is 1.74. The lowest BCUT2D eigenvalue weighted by molar-refractivity contribution is 0.0891. The second-order valence-corrected chi connectivity index (χ2v) is 6.94. The predicted octanol–water partition coefficient (Wildman–Crippen LogP) is 2.16. The van der Waals surface area contributed by atoms with Crippen molar-refractivity contribution in [2.24, 2.45) is 0 Å². The Morgan fingerprint density at radius 2 is 1.95 bits per heavy atom. The smallest absolute Gasteiger partial charge is 0.261 e. The molecule has 20 heavy (non-hydrogen) atoms. The fourth-order valence-corrected chi connectivity index (χ4v) is 2.55. The van der Waals surface area contributed by atoms with Gasteiger partial charge in [0, 0.05) is 23.4 Å². The van der Waals surface area contributed by atoms with Gasteiger partial charge in [-0.25, -0.2) is 8.42 Å². The molecule has 112 valence electrons. The van der Waals surface area contributed by atoms with Gasteiger partial charge in [-0.3, -0.25) is 4.79 Å². The molecule has 5 nitrogen and oxygen atoms in total. The number of carbonyl (C=O) groups excluding carboxylic acids is 1. The minimum absolute atomic E-state index is 0.0299. The summed E-state index contributed by atoms with van der Waals surface area (Å²) in [6.45, 7) is 2.46. The number of carbonyl (C=O) groups is 1. The van der Waals surface area contributed by atoms with Crippen molar-refractivity contribution < 1.29 is 17.9 Å². The molecule has 7 heteroatoms. The van der Waals surface area contributed by atoms with Crippen LogP contribution in [0.2, 0.25) is 0 Å². The SMILES string of the molecule is CCCC(COC)NC(=O)c1ccc(S(=O)(=O)Cl)cc1. The first-order valence-corrected chi connectivity index (χ1v) is 8.54. The van der Waals surface area contributed by atoms with Crippen LogP contribution in [-0.4, -0.2) is 34.1 Å². The molecular weight excluding hydrogens is 302 g/mol. The number of rotatable bonds is 7. The largest absolute Gasteiger partial charge is 0.383 e. The lowest BCUT2D eigenvalue weighted by Gasteiger charge is -2.17. The number of halogens is 1. The number of amides is 1. The third kappa shape index (κ3) is 5.11. The highest BCUT2D eigenvalue weighted by atomic mass is 35.7. The molecule has 0 fully saturated rings. The van der Waals surface area contributed by atoms with Crippen molar-refractivity contribution in [1.29, 1.82) is 0 Å². The van der Waals surface area contributed by atoms with Crippen LogP contribution in [0.3, 0.4) is 0 Å². The molecule has 0 bridgehead atoms. The Balaban J connectivity index is 2.77. The summed E-state index contributed by atoms with van der Waals surface area (Å²) >= 11 is 0. The van der Waals surface area contributed by atoms with Crippen molar-refractivity contribution in [1.82, 2.24) is 5.32 Å². The standard InChI is InChI=1S/C13H18ClNO4S/c1-3-4-11(9-19-2)15-13(16)10-5-7-12(8-6-10)20(14,17)18/h5-8,11H,3-4,9H2,1-2H3,(H,15,16). The van der Waals surface area contributed by atoms with Crippen molar-refractivity contribution in [3.63, 3.8) is 0 Å². The zero-order chi connectivity index (χ0) is 15.2. The molecule has 1 aromatic rings. The van der Waals surface area contributed by atoms with Crippen molar-refractivity contribution in [3.05, 3.63) is 29.8 Å². The number of nitrogens with one attached hydrogen (secondary N) is 1. The molecule has 1 amide bonds. The average Bonchev–Trinajstić information content (AvgIpc) is 2.38. The topological polar surface area (TPSA) is 72.5 Å². The molecule has 0 aromatic heterocycles. The zero-order valence-corrected chi connectivity index (χ0v) is 13.0. The summed E-state index contributed by atoms with van der Waals surface area (Å²) in [6, 6.07) is 5.42. The second-order valence-electron chi connectivity index (χ2n) is 4.38. The summed E-state index contributed by atoms with van der Waals surface area (Å²) < 4.78 is 27.3. The van der Waals surface area contributed by atoms with E-state index >= 15 is 0 Å². The van der Waals surface area contributed by atoms with E-state index in [2.05, 4.69) is 5.32 Å². The van der Waals surface area contributed by atoms with Crippen LogP contribution in [-0.2, 0) is 13.8 Å². The van der Waals surface area contributed by atoms with Crippen LogP contribution < -0.4 is 5.32 Å². The molecule has 0 heterocycles. The quantitative estimate of drug-likeness (QED) is 0.782. The first-order valence-electron chi connectivity index (χ1n) is 6.23. The zero-order valence-electron chi connectivity index (χ0n) is 11.4. The number of benzene rings is 1. The molecule has 0 aliphatic heterocycles. The van der Waals surface area contributed by atoms with Gasteiger partial charge in [-0.15, -0.1) is 0 Å². The average molecular weight is 320 g/mol. The molecule has 0 aliphatic rings. The van der Waals surface area contributed by atoms with Crippen LogP contribution in [0.4, 0.5) is 0 Å². The monoisotopic (exact) mass is 319 g/mol. The Morgan fingerprint density at radius 3 is 2.40 bits per heavy atom. The molecular formula is C13H18ClNO4S. The van der Waals surface area contributed by atoms with E-state index in [1.54, 1.807) is 7.11 Å². The van der Waals surface area contributed by atoms with E-state index in [0.717, 1.165) is 12.8 Å². The van der Waals surface area contributed by atoms with Crippen molar-refractivity contribution in [2.75, 3.05) is 13.7 Å². The van der Waals surface area contributed by atoms with E-state index < -0.39 is 9.05 Å². The van der Waals surface area contributed by atoms with E-state index in [0.29, 0.717) is 12.2 Å². The molecule has 1 N–H and O–H groups in total. The Bertz CT molecular complexity index is 536. The van der Waals surface area contributed by atoms with E-state index in [1.165, 1.54) is 24.3 Å². The van der Waals surface area contributed by atoms with Gasteiger partial charge < -0.3 is 10.1 Å². The fraction of sp³-hybridized carbons (Fsp3) is 0.462. The van der Waals surface area contributed by atoms with Crippen molar-refractivity contribution >= 4 is 25.6 Å². The summed E-state index contributed by atoms with van der Waals surface area (Å²) in [5, 5.41) is 2.85. The molecule has 1 unspecified atom stereocenters. The Hall–Kier alpha value is -1.11. The van der Waals surface area contributed by atoms with E-state index in [-0.39, 0.29) is 16.8 Å². The molecule has 0 radical (unpaired) electrons. The van der Waals surface area contributed by atoms with E-state index in [1.807, 2.05) is 6.92 Å². The van der Waals surface area contributed by atoms with Gasteiger partial charge in [-0.2, -0.15) is 0 Å². The first kappa shape index (κ1) is 16.9. The van der Waals surface area contributed by atoms with E-state index in [9.17, 15) is 13.2 Å². The summed E-state index contributed by atoms with van der Waals surface area (Å²) in [5.74, 6) is -0.265. The van der Waals surface area contributed by atoms with Crippen molar-refractivity contribution in [2.45, 2.75) is 30.7 Å². The number of ether oxygens (including phenoxy) is 1. The van der Waals surface area contributed by atoms with Gasteiger partial charge in [0.25, 0.3) is 15.0 Å². The molecule has 1 rings (SSSR count). The number of methoxy groups -OCH3 is 1. The molecule has 0 saturated heterocycles. The third-order valence-electron chi connectivity index (χ3n) is 2.74. The van der Waals surface area contributed by atoms with Crippen LogP contribution in [0.15, 0.2) is 29.2 Å². The lowest BCUT2D eigenvalue weighted by Crippen LogP contribution is -2.37. The van der Waals surface area contributed by atoms with Gasteiger partial charge in [0.15, 0.2) is 0 Å². The number of hydrogen-bond donors (Lipinski definition) is 1. The fourth-order valence-electron chi connectivity index (χ4n) is 1.78. The summed E-state index contributed by atoms with van der Waals surface area (Å²) in [7, 11) is 3.03. The van der Waals surface area contributed by atoms with Crippen LogP contribution in [0.5, 0.6) is 0 Å². The van der Waals surface area contributed by atoms with Crippen LogP contribution in [0.25, 0.3) is 0 Å². The van der Waals surface area contributed by atoms with Crippen LogP contribution in [0, 0.1) is 0 Å². The molecule has 1 aromatic carbocycles. The first-order chi connectivity index (χ1) is 9.38. The minimum Gasteiger partial charge on any atom is -0.383 e. The Labute approximate surface area is 123 Å². The van der Waals surface area contributed by atoms with Gasteiger partial charge in [-0.1, -0.05) is 13.3 Å². The normalized spacial score (nSPS) is 12.9. The predicted molar refractivity (Wildman–Crippen MR) is 77.5 cm³/mol. The molecule has 0 aliphatic carbocycles. The van der Waals surface area contributed by atoms with Gasteiger partial charge in [0.2, 0.25) is 0 Å². The van der Waals surface area contributed by atoms with Gasteiger partial charge >= 0.3 is 0 Å². The van der Waals surface area contributed by atoms with Gasteiger partial charge in [0.1, 0.15) is 0 Å². The molecule has 1 atom stereocenters. The highest BCUT2D eigenvalue weighted by Crippen LogP contribution is 2.15. The highest BCUT2D eigenvalue weighted by Gasteiger charge is 2.14. The summed E-state index contributed by atoms with van der Waals surface area (Å²) in [5.41, 5.74) is 0.381. The van der Waals surface area contributed by atoms with Crippen LogP contribution in [0.1, 0.15) is 30.1 Å². The van der Waals surface area contributed by atoms with Crippen molar-refractivity contribution in [3.8, 4) is 0 Å². The minimum atomic E-state index is -3.77. The lowest BCUT2D eigenvalue weighted by atomic mass is 10.1.